The first-order valence-corrected chi connectivity index (χ1v) is 46.7. The lowest BCUT2D eigenvalue weighted by Gasteiger charge is -2.31. The minimum absolute atomic E-state index is 0.0116. The molecule has 139 heavy (non-hydrogen) atoms. The Morgan fingerprint density at radius 3 is 1.30 bits per heavy atom. The summed E-state index contributed by atoms with van der Waals surface area (Å²) in [5, 5.41) is 40.4. The predicted molar refractivity (Wildman–Crippen MR) is 525 cm³/mol. The van der Waals surface area contributed by atoms with Crippen LogP contribution in [0, 0.1) is 11.8 Å². The van der Waals surface area contributed by atoms with Crippen molar-refractivity contribution in [2.45, 2.75) is 90.6 Å². The molecule has 0 spiro atoms. The molecule has 41 heteroatoms. The Balaban J connectivity index is 0.000000118. The van der Waals surface area contributed by atoms with E-state index in [0.717, 1.165) is 193 Å². The first-order chi connectivity index (χ1) is 67.9. The Hall–Kier alpha value is -15.8. The Kier molecular flexibility index (Phi) is 27.8. The molecule has 0 unspecified atom stereocenters. The molecule has 0 bridgehead atoms. The number of imidazole rings is 4. The molecule has 17 heterocycles. The quantitative estimate of drug-likeness (QED) is 0.0283. The van der Waals surface area contributed by atoms with E-state index in [0.29, 0.717) is 145 Å². The summed E-state index contributed by atoms with van der Waals surface area (Å²) >= 11 is 0. The van der Waals surface area contributed by atoms with Gasteiger partial charge < -0.3 is 89.1 Å². The van der Waals surface area contributed by atoms with Crippen molar-refractivity contribution in [1.29, 1.82) is 0 Å². The number of pyridine rings is 1. The number of nitrogens with zero attached hydrogens (tertiary/aromatic N) is 18. The third-order valence-electron chi connectivity index (χ3n) is 25.6. The molecule has 5 saturated heterocycles. The zero-order valence-electron chi connectivity index (χ0n) is 78.3. The lowest BCUT2D eigenvalue weighted by molar-refractivity contribution is -0.121. The minimum Gasteiger partial charge on any atom is -0.493 e. The largest absolute Gasteiger partial charge is 0.493 e. The highest BCUT2D eigenvalue weighted by Crippen LogP contribution is 2.39. The van der Waals surface area contributed by atoms with Crippen molar-refractivity contribution < 1.29 is 52.3 Å². The fourth-order valence-corrected chi connectivity index (χ4v) is 17.9. The van der Waals surface area contributed by atoms with Gasteiger partial charge in [0.05, 0.1) is 159 Å². The van der Waals surface area contributed by atoms with Gasteiger partial charge in [-0.3, -0.25) is 49.4 Å². The normalized spacial score (nSPS) is 15.5. The van der Waals surface area contributed by atoms with Gasteiger partial charge in [-0.1, -0.05) is 32.9 Å². The summed E-state index contributed by atoms with van der Waals surface area (Å²) in [4.78, 5) is 118. The number of fused-ring (bicyclic) bond motifs is 5. The molecule has 0 aliphatic carbocycles. The van der Waals surface area contributed by atoms with Crippen LogP contribution in [0.5, 0.6) is 28.7 Å². The van der Waals surface area contributed by atoms with Crippen LogP contribution in [0.25, 0.3) is 90.2 Å². The zero-order chi connectivity index (χ0) is 95.5. The van der Waals surface area contributed by atoms with Crippen LogP contribution in [0.3, 0.4) is 0 Å². The molecule has 5 fully saturated rings. The number of anilines is 7. The average Bonchev–Trinajstić information content (AvgIpc) is 1.64. The summed E-state index contributed by atoms with van der Waals surface area (Å²) in [6.07, 6.45) is 22.5. The summed E-state index contributed by atoms with van der Waals surface area (Å²) in [7, 11) is 6.33. The number of methoxy groups -OCH3 is 4. The third-order valence-corrected chi connectivity index (χ3v) is 25.6. The summed E-state index contributed by atoms with van der Waals surface area (Å²) in [5.41, 5.74) is 17.1. The second-order valence-electron chi connectivity index (χ2n) is 35.7. The predicted octanol–water partition coefficient (Wildman–Crippen LogP) is 12.9. The van der Waals surface area contributed by atoms with Gasteiger partial charge in [-0.2, -0.15) is 20.4 Å². The molecule has 718 valence electrons. The number of hydrogen-bond acceptors (Lipinski definition) is 29. The number of rotatable bonds is 23. The standard InChI is InChI=1S/C26H32N8O3.C26H30N8O2.C24H24N6O3.C22H24N8O3/c1-26(2,3)16-12-27-25(28-13-16)34-8-6-15(7-9-34)24(35)32-19-14-29-33-22(19)23-30-17-10-20(36-4)21(37-5)11-18(17)31-23;35-26(19-5-4-8-27-25(19)34-9-2-1-3-10-34)31-22-16-28-32-23(22)24-29-20-7-6-18(15-21(20)30-24)17-33-11-13-36-14-12-33;31-24(17-2-4-21-16(12-17)5-8-33-21)28-20-13-25-29-22(20)23-26-18-3-1-15(11-19(18)27-23)14-30-6-9-32-10-7-30;1-32-17-10-14-15(11-18(17)33-2)27-20(26-14)19-16(12-25-29-19)28-21(31)13-4-8-30(9-5-13)22-23-6-3-7-24-22/h10-15H,6-9H2,1-5H3,(H,29,33)(H,30,31)(H,32,35);4-8,15-16H,1-3,9-14,17H2,(H,28,32)(H,29,30)(H,31,35);1-4,11-13H,5-10,14H2,(H,25,29)(H,26,27)(H,28,31);3,6-7,10-13H,4-5,8-9H2,1-2H3,(H,25,29)(H,26,27)(H,28,31). The van der Waals surface area contributed by atoms with E-state index in [-0.39, 0.29) is 40.9 Å². The van der Waals surface area contributed by atoms with Gasteiger partial charge >= 0.3 is 0 Å². The Bertz CT molecular complexity index is 6900. The molecule has 0 atom stereocenters. The van der Waals surface area contributed by atoms with Gasteiger partial charge in [0.2, 0.25) is 23.7 Å². The molecule has 5 aromatic carbocycles. The number of carbonyl (C=O) groups excluding carboxylic acids is 4. The van der Waals surface area contributed by atoms with Gasteiger partial charge in [-0.05, 0) is 133 Å². The van der Waals surface area contributed by atoms with Gasteiger partial charge in [-0.15, -0.1) is 0 Å². The monoisotopic (exact) mass is 1880 g/mol. The van der Waals surface area contributed by atoms with Crippen molar-refractivity contribution in [2.24, 2.45) is 11.8 Å². The fraction of sp³-hybridized carbons (Fsp3) is 0.357. The molecule has 11 aromatic heterocycles. The van der Waals surface area contributed by atoms with Crippen molar-refractivity contribution >= 4 is 108 Å². The second kappa shape index (κ2) is 41.8. The first-order valence-electron chi connectivity index (χ1n) is 46.7. The topological polar surface area (TPSA) is 491 Å². The number of piperidine rings is 3. The van der Waals surface area contributed by atoms with Crippen LogP contribution in [-0.4, -0.2) is 266 Å². The van der Waals surface area contributed by atoms with E-state index in [1.54, 1.807) is 102 Å². The highest BCUT2D eigenvalue weighted by Gasteiger charge is 2.32. The van der Waals surface area contributed by atoms with Crippen LogP contribution < -0.4 is 59.7 Å². The number of nitrogens with one attached hydrogen (secondary N) is 12. The molecule has 0 radical (unpaired) electrons. The van der Waals surface area contributed by atoms with E-state index < -0.39 is 0 Å². The number of carbonyl (C=O) groups is 4. The SMILES string of the molecule is COc1cc2nc(-c3[nH]ncc3NC(=O)C3CCN(c4ncc(C(C)(C)C)cn4)CC3)[nH]c2cc1OC.COc1cc2nc(-c3[nH]ncc3NC(=O)C3CCN(c4ncccn4)CC3)[nH]c2cc1OC.O=C(Nc1cn[nH]c1-c1nc2ccc(CN3CCOCC3)cc2[nH]1)c1ccc2c(c1)CCO2.O=C(Nc1cn[nH]c1-c1nc2ccc(CN3CCOCC3)cc2[nH]1)c1cccnc1N1CCCCC1. The molecule has 16 aromatic rings. The summed E-state index contributed by atoms with van der Waals surface area (Å²) < 4.78 is 37.9. The highest BCUT2D eigenvalue weighted by molar-refractivity contribution is 6.09. The van der Waals surface area contributed by atoms with E-state index in [9.17, 15) is 19.2 Å². The lowest BCUT2D eigenvalue weighted by Crippen LogP contribution is -2.39. The van der Waals surface area contributed by atoms with E-state index >= 15 is 0 Å². The molecular weight excluding hydrogens is 1770 g/mol. The van der Waals surface area contributed by atoms with Crippen LogP contribution >= 0.6 is 0 Å². The van der Waals surface area contributed by atoms with Crippen molar-refractivity contribution in [1.82, 2.24) is 115 Å². The average molecular weight is 1880 g/mol. The number of aromatic nitrogens is 21. The molecule has 41 nitrogen and oxygen atoms in total. The lowest BCUT2D eigenvalue weighted by atomic mass is 9.89. The molecule has 22 rings (SSSR count). The number of aromatic amines is 8. The maximum Gasteiger partial charge on any atom is 0.259 e. The van der Waals surface area contributed by atoms with Crippen LogP contribution in [0.4, 0.5) is 40.5 Å². The molecular formula is C98H110N30O11. The summed E-state index contributed by atoms with van der Waals surface area (Å²) in [6.45, 7) is 20.5. The number of benzene rings is 5. The van der Waals surface area contributed by atoms with E-state index in [1.807, 2.05) is 54.9 Å². The smallest absolute Gasteiger partial charge is 0.259 e. The highest BCUT2D eigenvalue weighted by atomic mass is 16.5. The van der Waals surface area contributed by atoms with Gasteiger partial charge in [0.15, 0.2) is 46.3 Å². The number of amides is 4. The maximum absolute atomic E-state index is 13.3. The zero-order valence-corrected chi connectivity index (χ0v) is 78.3. The van der Waals surface area contributed by atoms with E-state index in [4.69, 9.17) is 43.1 Å². The minimum atomic E-state index is -0.213. The van der Waals surface area contributed by atoms with Crippen LogP contribution in [0.15, 0.2) is 153 Å². The fourth-order valence-electron chi connectivity index (χ4n) is 17.9. The number of hydrogen-bond donors (Lipinski definition) is 12. The molecule has 6 aliphatic heterocycles. The van der Waals surface area contributed by atoms with Gasteiger partial charge in [0, 0.05) is 158 Å². The van der Waals surface area contributed by atoms with Gasteiger partial charge in [0.25, 0.3) is 11.8 Å². The molecule has 4 amide bonds. The number of H-pyrrole nitrogens is 8. The summed E-state index contributed by atoms with van der Waals surface area (Å²) in [5.74, 6) is 7.06. The number of morpholine rings is 2. The molecule has 6 aliphatic rings. The Labute approximate surface area is 798 Å². The molecule has 12 N–H and O–H groups in total. The maximum atomic E-state index is 13.3. The molecule has 0 saturated carbocycles. The van der Waals surface area contributed by atoms with E-state index in [1.165, 1.54) is 17.5 Å². The Morgan fingerprint density at radius 2 is 0.842 bits per heavy atom. The second-order valence-corrected chi connectivity index (χ2v) is 35.7. The first kappa shape index (κ1) is 92.3. The van der Waals surface area contributed by atoms with Crippen molar-refractivity contribution in [2.75, 3.05) is 163 Å². The van der Waals surface area contributed by atoms with Crippen LogP contribution in [0.1, 0.15) is 109 Å². The van der Waals surface area contributed by atoms with Gasteiger partial charge in [-0.25, -0.2) is 44.9 Å². The number of ether oxygens (including phenoxy) is 7. The Morgan fingerprint density at radius 1 is 0.417 bits per heavy atom. The van der Waals surface area contributed by atoms with Crippen LogP contribution in [0.2, 0.25) is 0 Å². The van der Waals surface area contributed by atoms with Crippen molar-refractivity contribution in [3.8, 4) is 74.8 Å². The van der Waals surface area contributed by atoms with Crippen LogP contribution in [-0.2, 0) is 44.0 Å². The van der Waals surface area contributed by atoms with Crippen molar-refractivity contribution in [3.05, 3.63) is 186 Å². The summed E-state index contributed by atoms with van der Waals surface area (Å²) in [6, 6.07) is 30.7. The van der Waals surface area contributed by atoms with Gasteiger partial charge in [0.1, 0.15) is 34.3 Å². The van der Waals surface area contributed by atoms with E-state index in [2.05, 4.69) is 186 Å². The van der Waals surface area contributed by atoms with Crippen molar-refractivity contribution in [3.63, 3.8) is 0 Å². The third kappa shape index (κ3) is 21.3.